The smallest absolute Gasteiger partial charge is 0.118 e. The standard InChI is InChI=1S/C32H54O8.C27H44O5.C23H36O5/c1-23(15-35-27(5)19-39-29(7)21-37-25(3)17-33-9)31-12-11-13-32(14-31)24(2)16-36-28(6)20-40-30(8)22-38-26(4)18-34-10;1-9-11-22(4)31-18-24(6)29-15-20(2)26-12-10-13-27(14-26)21(3)16-30-25(7)19-32-23(5)17-28-8;1-5-6-10-25-13-15-27-18-20(2)22-8-7-9-23(17-22)21(3)19-28-16-14-26-12-11-24-4/h11-16,25-30H,17-22H2,1-10H3;10,12-16,22-25H,9,11,17-19H2,1-8H3;7-9,17-19H,5-6,10-16H2,1-4H3. The van der Waals surface area contributed by atoms with Gasteiger partial charge in [0.05, 0.1) is 160 Å². The SMILES string of the molecule is CCCC(C)OCC(C)OC=C(C)c1cccc(C(C)=COC(C)COC(C)COC)c1.CCCCOCCOC=C(C)c1cccc(C(C)=COCCOCCOC)c1.COCC(C)OCC(C)OCC(C)OC=C(C)c1cccc(C(C)=COC(C)COC(C)COC(C)COC)c1. The number of methoxy groups -OCH3 is 4. The summed E-state index contributed by atoms with van der Waals surface area (Å²) in [5.74, 6) is 0. The molecule has 0 aliphatic heterocycles. The fourth-order valence-electron chi connectivity index (χ4n) is 8.88. The van der Waals surface area contributed by atoms with E-state index in [9.17, 15) is 0 Å². The van der Waals surface area contributed by atoms with Crippen LogP contribution in [0.1, 0.15) is 184 Å². The maximum Gasteiger partial charge on any atom is 0.118 e. The van der Waals surface area contributed by atoms with E-state index in [1.165, 1.54) is 0 Å². The van der Waals surface area contributed by atoms with Gasteiger partial charge in [-0.05, 0) is 209 Å². The van der Waals surface area contributed by atoms with Gasteiger partial charge in [-0.3, -0.25) is 0 Å². The molecule has 3 rings (SSSR count). The van der Waals surface area contributed by atoms with Crippen LogP contribution in [0.3, 0.4) is 0 Å². The maximum absolute atomic E-state index is 5.92. The number of benzene rings is 3. The first-order chi connectivity index (χ1) is 48.0. The molecule has 0 saturated heterocycles. The van der Waals surface area contributed by atoms with Gasteiger partial charge in [0, 0.05) is 35.0 Å². The molecule has 10 atom stereocenters. The summed E-state index contributed by atoms with van der Waals surface area (Å²) in [5.41, 5.74) is 13.0. The highest BCUT2D eigenvalue weighted by Crippen LogP contribution is 2.25. The van der Waals surface area contributed by atoms with Gasteiger partial charge in [0.15, 0.2) is 0 Å². The van der Waals surface area contributed by atoms with Crippen LogP contribution in [0.15, 0.2) is 110 Å². The van der Waals surface area contributed by atoms with Crippen molar-refractivity contribution in [2.24, 2.45) is 0 Å². The first-order valence-electron chi connectivity index (χ1n) is 36.0. The van der Waals surface area contributed by atoms with E-state index < -0.39 is 0 Å². The Morgan fingerprint density at radius 1 is 0.290 bits per heavy atom. The summed E-state index contributed by atoms with van der Waals surface area (Å²) in [6, 6.07) is 25.0. The van der Waals surface area contributed by atoms with Crippen molar-refractivity contribution in [2.75, 3.05) is 134 Å². The lowest BCUT2D eigenvalue weighted by Gasteiger charge is -2.19. The van der Waals surface area contributed by atoms with E-state index in [2.05, 4.69) is 88.4 Å². The predicted octanol–water partition coefficient (Wildman–Crippen LogP) is 17.5. The molecule has 18 heteroatoms. The van der Waals surface area contributed by atoms with Gasteiger partial charge in [-0.15, -0.1) is 0 Å². The van der Waals surface area contributed by atoms with Crippen LogP contribution in [0, 0.1) is 0 Å². The second kappa shape index (κ2) is 58.9. The summed E-state index contributed by atoms with van der Waals surface area (Å²) in [6.07, 6.45) is 15.4. The number of unbranched alkanes of at least 4 members (excludes halogenated alkanes) is 1. The normalized spacial score (nSPS) is 15.5. The summed E-state index contributed by atoms with van der Waals surface area (Å²) in [7, 11) is 6.67. The predicted molar refractivity (Wildman–Crippen MR) is 407 cm³/mol. The minimum atomic E-state index is -0.0845. The van der Waals surface area contributed by atoms with Crippen molar-refractivity contribution in [1.29, 1.82) is 0 Å². The fraction of sp³-hybridized carbons (Fsp3) is 0.634. The number of hydrogen-bond acceptors (Lipinski definition) is 18. The molecule has 0 heterocycles. The van der Waals surface area contributed by atoms with Crippen molar-refractivity contribution in [1.82, 2.24) is 0 Å². The van der Waals surface area contributed by atoms with E-state index >= 15 is 0 Å². The maximum atomic E-state index is 5.92. The van der Waals surface area contributed by atoms with Gasteiger partial charge in [-0.1, -0.05) is 81.3 Å². The Labute approximate surface area is 605 Å². The van der Waals surface area contributed by atoms with Crippen LogP contribution in [0.4, 0.5) is 0 Å². The molecule has 3 aromatic rings. The van der Waals surface area contributed by atoms with Crippen LogP contribution >= 0.6 is 0 Å². The second-order valence-corrected chi connectivity index (χ2v) is 25.7. The molecule has 10 unspecified atom stereocenters. The minimum absolute atomic E-state index is 0.0118. The number of allylic oxidation sites excluding steroid dienone is 6. The van der Waals surface area contributed by atoms with Gasteiger partial charge in [0.25, 0.3) is 0 Å². The summed E-state index contributed by atoms with van der Waals surface area (Å²) >= 11 is 0. The molecule has 0 aliphatic carbocycles. The molecule has 0 amide bonds. The van der Waals surface area contributed by atoms with Gasteiger partial charge in [-0.2, -0.15) is 0 Å². The third-order valence-electron chi connectivity index (χ3n) is 15.1. The Bertz CT molecular complexity index is 2540. The van der Waals surface area contributed by atoms with Gasteiger partial charge in [0.2, 0.25) is 0 Å². The third-order valence-corrected chi connectivity index (χ3v) is 15.1. The molecule has 0 spiro atoms. The van der Waals surface area contributed by atoms with Crippen LogP contribution < -0.4 is 0 Å². The first-order valence-corrected chi connectivity index (χ1v) is 36.0. The van der Waals surface area contributed by atoms with E-state index in [1.54, 1.807) is 59.7 Å². The van der Waals surface area contributed by atoms with Crippen LogP contribution in [0.5, 0.6) is 0 Å². The largest absolute Gasteiger partial charge is 0.498 e. The Morgan fingerprint density at radius 2 is 0.550 bits per heavy atom. The molecule has 0 saturated carbocycles. The van der Waals surface area contributed by atoms with Gasteiger partial charge in [0.1, 0.15) is 37.6 Å². The van der Waals surface area contributed by atoms with E-state index in [0.717, 1.165) is 99.1 Å². The van der Waals surface area contributed by atoms with Crippen LogP contribution in [0.25, 0.3) is 33.4 Å². The zero-order chi connectivity index (χ0) is 74.3. The average molecular weight is 1410 g/mol. The molecule has 0 N–H and O–H groups in total. The number of rotatable bonds is 54. The van der Waals surface area contributed by atoms with Gasteiger partial charge in [-0.25, -0.2) is 0 Å². The molecular formula is C82H134O18. The molecule has 0 fully saturated rings. The fourth-order valence-corrected chi connectivity index (χ4v) is 8.88. The van der Waals surface area contributed by atoms with Crippen LogP contribution in [0.2, 0.25) is 0 Å². The Kier molecular flexibility index (Phi) is 54.4. The Hall–Kier alpha value is -5.58. The molecule has 0 radical (unpaired) electrons. The second-order valence-electron chi connectivity index (χ2n) is 25.7. The summed E-state index contributed by atoms with van der Waals surface area (Å²) < 4.78 is 100. The van der Waals surface area contributed by atoms with Crippen molar-refractivity contribution in [3.8, 4) is 0 Å². The van der Waals surface area contributed by atoms with Gasteiger partial charge < -0.3 is 85.3 Å². The van der Waals surface area contributed by atoms with E-state index in [0.29, 0.717) is 99.1 Å². The molecule has 18 nitrogen and oxygen atoms in total. The van der Waals surface area contributed by atoms with Crippen molar-refractivity contribution < 1.29 is 85.3 Å². The molecular weight excluding hydrogens is 1270 g/mol. The Balaban J connectivity index is 0.000000763. The highest BCUT2D eigenvalue weighted by Gasteiger charge is 2.14. The zero-order valence-electron chi connectivity index (χ0n) is 65.7. The minimum Gasteiger partial charge on any atom is -0.498 e. The van der Waals surface area contributed by atoms with Crippen LogP contribution in [-0.4, -0.2) is 195 Å². The van der Waals surface area contributed by atoms with Crippen molar-refractivity contribution in [3.05, 3.63) is 144 Å². The van der Waals surface area contributed by atoms with E-state index in [4.69, 9.17) is 85.3 Å². The molecule has 0 aliphatic rings. The van der Waals surface area contributed by atoms with E-state index in [-0.39, 0.29) is 61.0 Å². The van der Waals surface area contributed by atoms with Crippen molar-refractivity contribution >= 4 is 33.4 Å². The summed E-state index contributed by atoms with van der Waals surface area (Å²) in [5, 5.41) is 0. The third kappa shape index (κ3) is 46.8. The zero-order valence-corrected chi connectivity index (χ0v) is 65.7. The number of ether oxygens (including phenoxy) is 18. The van der Waals surface area contributed by atoms with Gasteiger partial charge >= 0.3 is 0 Å². The highest BCUT2D eigenvalue weighted by atomic mass is 16.6. The monoisotopic (exact) mass is 1410 g/mol. The average Bonchev–Trinajstić information content (AvgIpc) is 0.900. The van der Waals surface area contributed by atoms with Crippen molar-refractivity contribution in [3.63, 3.8) is 0 Å². The summed E-state index contributed by atoms with van der Waals surface area (Å²) in [6.45, 7) is 45.7. The summed E-state index contributed by atoms with van der Waals surface area (Å²) in [4.78, 5) is 0. The molecule has 100 heavy (non-hydrogen) atoms. The molecule has 570 valence electrons. The quantitative estimate of drug-likeness (QED) is 0.0386. The lowest BCUT2D eigenvalue weighted by Crippen LogP contribution is -2.26. The molecule has 3 aromatic carbocycles. The molecule has 0 aromatic heterocycles. The highest BCUT2D eigenvalue weighted by molar-refractivity contribution is 5.72. The molecule has 0 bridgehead atoms. The van der Waals surface area contributed by atoms with Crippen LogP contribution in [-0.2, 0) is 85.3 Å². The topological polar surface area (TPSA) is 166 Å². The lowest BCUT2D eigenvalue weighted by atomic mass is 10.0. The van der Waals surface area contributed by atoms with Crippen molar-refractivity contribution in [2.45, 2.75) is 211 Å². The Morgan fingerprint density at radius 3 is 0.830 bits per heavy atom. The number of hydrogen-bond donors (Lipinski definition) is 0. The van der Waals surface area contributed by atoms with E-state index in [1.807, 2.05) is 115 Å². The first kappa shape index (κ1) is 92.4. The lowest BCUT2D eigenvalue weighted by molar-refractivity contribution is -0.0671.